The zero-order valence-corrected chi connectivity index (χ0v) is 13.8. The van der Waals surface area contributed by atoms with Crippen LogP contribution in [0.25, 0.3) is 0 Å². The Bertz CT molecular complexity index is 532. The van der Waals surface area contributed by atoms with E-state index in [1.807, 2.05) is 7.05 Å². The molecule has 2 rings (SSSR count). The number of quaternary nitrogens is 1. The van der Waals surface area contributed by atoms with Crippen LogP contribution in [0.1, 0.15) is 0 Å². The number of amides is 1. The van der Waals surface area contributed by atoms with Gasteiger partial charge in [0.25, 0.3) is 0 Å². The number of likely N-dealkylation sites (N-methyl/N-ethyl adjacent to an activating group) is 2. The van der Waals surface area contributed by atoms with E-state index in [0.29, 0.717) is 15.2 Å². The molecule has 1 aliphatic heterocycles. The van der Waals surface area contributed by atoms with Gasteiger partial charge >= 0.3 is 5.91 Å². The third-order valence-corrected chi connectivity index (χ3v) is 4.08. The highest BCUT2D eigenvalue weighted by molar-refractivity contribution is 5.95. The highest BCUT2D eigenvalue weighted by Gasteiger charge is 2.32. The summed E-state index contributed by atoms with van der Waals surface area (Å²) in [6.45, 7) is 3.90. The van der Waals surface area contributed by atoms with E-state index in [1.165, 1.54) is 6.07 Å². The average Bonchev–Trinajstić information content (AvgIpc) is 2.42. The van der Waals surface area contributed by atoms with Crippen LogP contribution in [-0.4, -0.2) is 67.3 Å². The van der Waals surface area contributed by atoms with Gasteiger partial charge < -0.3 is 28.4 Å². The van der Waals surface area contributed by atoms with Crippen molar-refractivity contribution >= 4 is 23.0 Å². The number of nitrogen functional groups attached to an aromatic ring is 2. The monoisotopic (exact) mass is 329 g/mol. The normalized spacial score (nSPS) is 17.6. The van der Waals surface area contributed by atoms with Crippen LogP contribution in [0.15, 0.2) is 18.2 Å². The molecule has 8 heteroatoms. The Balaban J connectivity index is 0.00000242. The van der Waals surface area contributed by atoms with E-state index in [-0.39, 0.29) is 36.2 Å². The summed E-state index contributed by atoms with van der Waals surface area (Å²) >= 11 is 0. The van der Waals surface area contributed by atoms with Crippen LogP contribution in [0.2, 0.25) is 0 Å². The molecule has 0 spiro atoms. The van der Waals surface area contributed by atoms with Crippen LogP contribution in [0.4, 0.5) is 17.1 Å². The van der Waals surface area contributed by atoms with E-state index >= 15 is 0 Å². The molecule has 0 atom stereocenters. The molecule has 0 bridgehead atoms. The van der Waals surface area contributed by atoms with E-state index in [2.05, 4.69) is 11.9 Å². The number of anilines is 3. The molecule has 1 fully saturated rings. The molecule has 1 aromatic carbocycles. The van der Waals surface area contributed by atoms with Gasteiger partial charge in [-0.25, -0.2) is 0 Å². The number of carbonyl (C=O) groups excluding carboxylic acids is 1. The summed E-state index contributed by atoms with van der Waals surface area (Å²) in [6, 6.07) is 4.68. The lowest BCUT2D eigenvalue weighted by Gasteiger charge is -2.40. The fourth-order valence-electron chi connectivity index (χ4n) is 2.50. The van der Waals surface area contributed by atoms with Crippen molar-refractivity contribution in [1.82, 2.24) is 4.90 Å². The Kier molecular flexibility index (Phi) is 6.01. The summed E-state index contributed by atoms with van der Waals surface area (Å²) < 4.78 is 0.620. The predicted molar refractivity (Wildman–Crippen MR) is 82.8 cm³/mol. The van der Waals surface area contributed by atoms with Crippen molar-refractivity contribution in [1.29, 1.82) is 0 Å². The van der Waals surface area contributed by atoms with Gasteiger partial charge in [0, 0.05) is 18.8 Å². The van der Waals surface area contributed by atoms with E-state index in [0.717, 1.165) is 26.2 Å². The van der Waals surface area contributed by atoms with Crippen molar-refractivity contribution in [2.24, 2.45) is 0 Å². The van der Waals surface area contributed by atoms with Gasteiger partial charge in [0.05, 0.1) is 31.5 Å². The summed E-state index contributed by atoms with van der Waals surface area (Å²) in [5, 5.41) is 10.7. The second-order valence-corrected chi connectivity index (χ2v) is 6.05. The fourth-order valence-corrected chi connectivity index (χ4v) is 2.50. The second-order valence-electron chi connectivity index (χ2n) is 6.05. The standard InChI is InChI=1S/C14H24N5O2.ClH/c1-17-5-7-19(2,8-6-17)10-14(20)18(21)13-4-3-11(15)9-12(13)16;/h3-4,9,21H,5-8,10,15-16H2,1-2H3;1H/q+1;/p-1. The van der Waals surface area contributed by atoms with Gasteiger partial charge in [0.15, 0.2) is 6.54 Å². The molecule has 1 amide bonds. The minimum absolute atomic E-state index is 0. The molecular weight excluding hydrogens is 306 g/mol. The maximum atomic E-state index is 12.3. The number of nitrogens with two attached hydrogens (primary N) is 2. The van der Waals surface area contributed by atoms with Gasteiger partial charge in [-0.2, -0.15) is 5.06 Å². The molecule has 5 N–H and O–H groups in total. The van der Waals surface area contributed by atoms with Gasteiger partial charge in [-0.05, 0) is 25.2 Å². The summed E-state index contributed by atoms with van der Waals surface area (Å²) in [5.74, 6) is -0.362. The molecule has 1 saturated heterocycles. The summed E-state index contributed by atoms with van der Waals surface area (Å²) in [7, 11) is 4.10. The van der Waals surface area contributed by atoms with E-state index < -0.39 is 0 Å². The molecule has 0 aromatic heterocycles. The molecule has 1 heterocycles. The second kappa shape index (κ2) is 7.15. The first-order valence-electron chi connectivity index (χ1n) is 7.00. The smallest absolute Gasteiger partial charge is 0.305 e. The van der Waals surface area contributed by atoms with Crippen molar-refractivity contribution in [2.45, 2.75) is 0 Å². The first-order valence-corrected chi connectivity index (χ1v) is 7.00. The number of piperazine rings is 1. The van der Waals surface area contributed by atoms with Gasteiger partial charge in [-0.15, -0.1) is 0 Å². The van der Waals surface area contributed by atoms with Crippen molar-refractivity contribution < 1.29 is 26.9 Å². The highest BCUT2D eigenvalue weighted by Crippen LogP contribution is 2.24. The SMILES string of the molecule is CN1CC[N+](C)(CC(=O)N(O)c2ccc(N)cc2N)CC1.[Cl-]. The van der Waals surface area contributed by atoms with Crippen molar-refractivity contribution in [2.75, 3.05) is 63.3 Å². The number of hydroxylamine groups is 1. The van der Waals surface area contributed by atoms with E-state index in [1.54, 1.807) is 12.1 Å². The lowest BCUT2D eigenvalue weighted by Crippen LogP contribution is -3.00. The minimum atomic E-state index is -0.362. The Morgan fingerprint density at radius 2 is 1.95 bits per heavy atom. The number of rotatable bonds is 3. The molecule has 1 aliphatic rings. The zero-order valence-electron chi connectivity index (χ0n) is 13.0. The maximum absolute atomic E-state index is 12.3. The molecule has 22 heavy (non-hydrogen) atoms. The molecule has 0 aliphatic carbocycles. The van der Waals surface area contributed by atoms with Gasteiger partial charge in [-0.3, -0.25) is 14.9 Å². The minimum Gasteiger partial charge on any atom is -1.00 e. The van der Waals surface area contributed by atoms with Gasteiger partial charge in [-0.1, -0.05) is 0 Å². The van der Waals surface area contributed by atoms with Crippen molar-refractivity contribution in [3.05, 3.63) is 18.2 Å². The predicted octanol–water partition coefficient (Wildman–Crippen LogP) is -3.03. The Labute approximate surface area is 137 Å². The number of hydrogen-bond acceptors (Lipinski definition) is 5. The average molecular weight is 330 g/mol. The number of hydrogen-bond donors (Lipinski definition) is 3. The lowest BCUT2D eigenvalue weighted by molar-refractivity contribution is -0.906. The number of carbonyl (C=O) groups is 1. The quantitative estimate of drug-likeness (QED) is 0.237. The fraction of sp³-hybridized carbons (Fsp3) is 0.500. The molecule has 0 saturated carbocycles. The van der Waals surface area contributed by atoms with Gasteiger partial charge in [0.1, 0.15) is 0 Å². The summed E-state index contributed by atoms with van der Waals surface area (Å²) in [5.41, 5.74) is 12.5. The molecule has 0 radical (unpaired) electrons. The van der Waals surface area contributed by atoms with Crippen LogP contribution in [0.3, 0.4) is 0 Å². The van der Waals surface area contributed by atoms with Crippen LogP contribution < -0.4 is 28.9 Å². The molecule has 124 valence electrons. The molecular formula is C14H24ClN5O2. The number of nitrogens with zero attached hydrogens (tertiary/aromatic N) is 3. The van der Waals surface area contributed by atoms with Gasteiger partial charge in [0.2, 0.25) is 0 Å². The Morgan fingerprint density at radius 3 is 2.50 bits per heavy atom. The number of halogens is 1. The van der Waals surface area contributed by atoms with E-state index in [9.17, 15) is 10.0 Å². The zero-order chi connectivity index (χ0) is 15.6. The van der Waals surface area contributed by atoms with Crippen molar-refractivity contribution in [3.8, 4) is 0 Å². The van der Waals surface area contributed by atoms with Crippen LogP contribution >= 0.6 is 0 Å². The first-order chi connectivity index (χ1) is 9.81. The molecule has 7 nitrogen and oxygen atoms in total. The Morgan fingerprint density at radius 1 is 1.36 bits per heavy atom. The van der Waals surface area contributed by atoms with Crippen LogP contribution in [-0.2, 0) is 4.79 Å². The maximum Gasteiger partial charge on any atom is 0.305 e. The third kappa shape index (κ3) is 4.23. The topological polar surface area (TPSA) is 95.8 Å². The van der Waals surface area contributed by atoms with E-state index in [4.69, 9.17) is 11.5 Å². The lowest BCUT2D eigenvalue weighted by atomic mass is 10.2. The van der Waals surface area contributed by atoms with Crippen LogP contribution in [0.5, 0.6) is 0 Å². The van der Waals surface area contributed by atoms with Crippen LogP contribution in [0, 0.1) is 0 Å². The first kappa shape index (κ1) is 18.5. The summed E-state index contributed by atoms with van der Waals surface area (Å²) in [6.07, 6.45) is 0. The van der Waals surface area contributed by atoms with Crippen molar-refractivity contribution in [3.63, 3.8) is 0 Å². The highest BCUT2D eigenvalue weighted by atomic mass is 35.5. The molecule has 0 unspecified atom stereocenters. The summed E-state index contributed by atoms with van der Waals surface area (Å²) in [4.78, 5) is 14.5. The molecule has 1 aromatic rings. The Hall–Kier alpha value is -1.54. The third-order valence-electron chi connectivity index (χ3n) is 4.08. The number of benzene rings is 1. The largest absolute Gasteiger partial charge is 1.00 e.